The van der Waals surface area contributed by atoms with E-state index in [-0.39, 0.29) is 17.3 Å². The van der Waals surface area contributed by atoms with Gasteiger partial charge in [0.15, 0.2) is 0 Å². The largest absolute Gasteiger partial charge is 0.354 e. The van der Waals surface area contributed by atoms with Crippen LogP contribution in [0.25, 0.3) is 0 Å². The maximum Gasteiger partial charge on any atom is 0.264 e. The fourth-order valence-electron chi connectivity index (χ4n) is 3.32. The second-order valence-electron chi connectivity index (χ2n) is 7.01. The molecule has 154 valence electrons. The molecule has 0 spiro atoms. The number of benzene rings is 2. The molecule has 0 aliphatic heterocycles. The number of para-hydroxylation sites is 1. The standard InChI is InChI=1S/C22H25FN2O3S/c23-19-11-13-21(14-12-19)29(27,28)25(20-9-5-2-6-10-20)17-22(26)24-16-15-18-7-3-1-4-8-18/h2,5-7,9-14H,1,3-4,8,15-17H2,(H,24,26). The average molecular weight is 417 g/mol. The summed E-state index contributed by atoms with van der Waals surface area (Å²) in [4.78, 5) is 12.4. The van der Waals surface area contributed by atoms with Crippen LogP contribution in [0, 0.1) is 5.82 Å². The molecule has 0 radical (unpaired) electrons. The lowest BCUT2D eigenvalue weighted by Crippen LogP contribution is -2.41. The van der Waals surface area contributed by atoms with E-state index < -0.39 is 15.8 Å². The van der Waals surface area contributed by atoms with E-state index >= 15 is 0 Å². The predicted molar refractivity (Wildman–Crippen MR) is 112 cm³/mol. The number of nitrogens with one attached hydrogen (secondary N) is 1. The quantitative estimate of drug-likeness (QED) is 0.661. The molecule has 3 rings (SSSR count). The van der Waals surface area contributed by atoms with E-state index in [1.165, 1.54) is 30.5 Å². The van der Waals surface area contributed by atoms with Gasteiger partial charge < -0.3 is 5.32 Å². The first-order chi connectivity index (χ1) is 14.0. The minimum Gasteiger partial charge on any atom is -0.354 e. The lowest BCUT2D eigenvalue weighted by molar-refractivity contribution is -0.119. The van der Waals surface area contributed by atoms with Gasteiger partial charge in [-0.05, 0) is 68.5 Å². The van der Waals surface area contributed by atoms with Crippen LogP contribution in [0.2, 0.25) is 0 Å². The lowest BCUT2D eigenvalue weighted by Gasteiger charge is -2.24. The van der Waals surface area contributed by atoms with Crippen molar-refractivity contribution in [2.24, 2.45) is 0 Å². The fourth-order valence-corrected chi connectivity index (χ4v) is 4.74. The second-order valence-corrected chi connectivity index (χ2v) is 8.87. The van der Waals surface area contributed by atoms with Crippen LogP contribution in [-0.4, -0.2) is 27.4 Å². The summed E-state index contributed by atoms with van der Waals surface area (Å²) in [6.45, 7) is 0.132. The van der Waals surface area contributed by atoms with E-state index in [1.807, 2.05) is 0 Å². The Morgan fingerprint density at radius 1 is 1.03 bits per heavy atom. The number of halogens is 1. The van der Waals surface area contributed by atoms with Crippen molar-refractivity contribution < 1.29 is 17.6 Å². The average Bonchev–Trinajstić information content (AvgIpc) is 2.73. The van der Waals surface area contributed by atoms with Crippen LogP contribution < -0.4 is 9.62 Å². The SMILES string of the molecule is O=C(CN(c1ccccc1)S(=O)(=O)c1ccc(F)cc1)NCCC1=CCCCC1. The van der Waals surface area contributed by atoms with Crippen molar-refractivity contribution in [3.8, 4) is 0 Å². The van der Waals surface area contributed by atoms with E-state index in [4.69, 9.17) is 0 Å². The molecule has 0 fully saturated rings. The van der Waals surface area contributed by atoms with E-state index in [2.05, 4.69) is 11.4 Å². The van der Waals surface area contributed by atoms with Gasteiger partial charge in [-0.15, -0.1) is 0 Å². The molecule has 0 bridgehead atoms. The van der Waals surface area contributed by atoms with Gasteiger partial charge in [0.05, 0.1) is 10.6 Å². The van der Waals surface area contributed by atoms with Crippen molar-refractivity contribution in [3.05, 3.63) is 72.1 Å². The smallest absolute Gasteiger partial charge is 0.264 e. The van der Waals surface area contributed by atoms with E-state index in [9.17, 15) is 17.6 Å². The highest BCUT2D eigenvalue weighted by Gasteiger charge is 2.27. The maximum absolute atomic E-state index is 13.2. The number of nitrogens with zero attached hydrogens (tertiary/aromatic N) is 1. The number of rotatable bonds is 8. The molecule has 0 aromatic heterocycles. The second kappa shape index (κ2) is 9.69. The van der Waals surface area contributed by atoms with E-state index in [0.29, 0.717) is 12.2 Å². The van der Waals surface area contributed by atoms with Crippen molar-refractivity contribution in [1.82, 2.24) is 5.32 Å². The molecule has 2 aromatic carbocycles. The van der Waals surface area contributed by atoms with Crippen molar-refractivity contribution in [2.45, 2.75) is 37.0 Å². The van der Waals surface area contributed by atoms with Gasteiger partial charge in [-0.3, -0.25) is 9.10 Å². The van der Waals surface area contributed by atoms with E-state index in [1.54, 1.807) is 30.3 Å². The molecule has 1 aliphatic carbocycles. The molecule has 7 heteroatoms. The number of hydrogen-bond donors (Lipinski definition) is 1. The van der Waals surface area contributed by atoms with Gasteiger partial charge in [-0.2, -0.15) is 0 Å². The molecule has 1 amide bonds. The molecule has 0 atom stereocenters. The van der Waals surface area contributed by atoms with Crippen LogP contribution in [0.1, 0.15) is 32.1 Å². The molecule has 0 saturated heterocycles. The van der Waals surface area contributed by atoms with Gasteiger partial charge >= 0.3 is 0 Å². The number of anilines is 1. The number of hydrogen-bond acceptors (Lipinski definition) is 3. The van der Waals surface area contributed by atoms with Gasteiger partial charge in [0.2, 0.25) is 5.91 Å². The third kappa shape index (κ3) is 5.67. The number of allylic oxidation sites excluding steroid dienone is 1. The Hall–Kier alpha value is -2.67. The van der Waals surface area contributed by atoms with Crippen molar-refractivity contribution >= 4 is 21.6 Å². The Kier molecular flexibility index (Phi) is 7.04. The van der Waals surface area contributed by atoms with Gasteiger partial charge in [-0.25, -0.2) is 12.8 Å². The zero-order chi connectivity index (χ0) is 20.7. The van der Waals surface area contributed by atoms with Crippen molar-refractivity contribution in [3.63, 3.8) is 0 Å². The summed E-state index contributed by atoms with van der Waals surface area (Å²) in [6.07, 6.45) is 7.54. The highest BCUT2D eigenvalue weighted by Crippen LogP contribution is 2.23. The zero-order valence-corrected chi connectivity index (χ0v) is 17.0. The third-order valence-corrected chi connectivity index (χ3v) is 6.67. The number of carbonyl (C=O) groups excluding carboxylic acids is 1. The van der Waals surface area contributed by atoms with Crippen LogP contribution in [0.5, 0.6) is 0 Å². The molecule has 29 heavy (non-hydrogen) atoms. The Bertz CT molecular complexity index is 957. The lowest BCUT2D eigenvalue weighted by atomic mass is 9.97. The summed E-state index contributed by atoms with van der Waals surface area (Å²) in [5, 5.41) is 2.82. The van der Waals surface area contributed by atoms with Crippen LogP contribution >= 0.6 is 0 Å². The molecular formula is C22H25FN2O3S. The van der Waals surface area contributed by atoms with Crippen LogP contribution in [0.15, 0.2) is 71.1 Å². The number of sulfonamides is 1. The number of amides is 1. The number of carbonyl (C=O) groups is 1. The highest BCUT2D eigenvalue weighted by atomic mass is 32.2. The summed E-state index contributed by atoms with van der Waals surface area (Å²) in [7, 11) is -4.02. The van der Waals surface area contributed by atoms with Crippen molar-refractivity contribution in [1.29, 1.82) is 0 Å². The summed E-state index contributed by atoms with van der Waals surface area (Å²) < 4.78 is 40.5. The zero-order valence-electron chi connectivity index (χ0n) is 16.2. The molecule has 1 N–H and O–H groups in total. The normalized spacial score (nSPS) is 14.2. The fraction of sp³-hybridized carbons (Fsp3) is 0.318. The maximum atomic E-state index is 13.2. The van der Waals surface area contributed by atoms with Crippen LogP contribution in [0.3, 0.4) is 0 Å². The topological polar surface area (TPSA) is 66.5 Å². The van der Waals surface area contributed by atoms with Gasteiger partial charge in [0, 0.05) is 6.54 Å². The summed E-state index contributed by atoms with van der Waals surface area (Å²) >= 11 is 0. The monoisotopic (exact) mass is 416 g/mol. The Morgan fingerprint density at radius 2 is 1.76 bits per heavy atom. The molecule has 0 heterocycles. The molecular weight excluding hydrogens is 391 g/mol. The molecule has 0 saturated carbocycles. The highest BCUT2D eigenvalue weighted by molar-refractivity contribution is 7.92. The first kappa shape index (κ1) is 21.0. The minimum absolute atomic E-state index is 0.0667. The van der Waals surface area contributed by atoms with Crippen molar-refractivity contribution in [2.75, 3.05) is 17.4 Å². The third-order valence-electron chi connectivity index (χ3n) is 4.89. The predicted octanol–water partition coefficient (Wildman–Crippen LogP) is 4.03. The first-order valence-electron chi connectivity index (χ1n) is 9.75. The Labute approximate surface area is 171 Å². The summed E-state index contributed by atoms with van der Waals surface area (Å²) in [5.74, 6) is -0.902. The molecule has 1 aliphatic rings. The van der Waals surface area contributed by atoms with Gasteiger partial charge in [0.1, 0.15) is 12.4 Å². The molecule has 5 nitrogen and oxygen atoms in total. The van der Waals surface area contributed by atoms with Crippen LogP contribution in [0.4, 0.5) is 10.1 Å². The van der Waals surface area contributed by atoms with Crippen LogP contribution in [-0.2, 0) is 14.8 Å². The Morgan fingerprint density at radius 3 is 2.41 bits per heavy atom. The minimum atomic E-state index is -4.02. The van der Waals surface area contributed by atoms with Gasteiger partial charge in [-0.1, -0.05) is 29.8 Å². The molecule has 0 unspecified atom stereocenters. The van der Waals surface area contributed by atoms with Gasteiger partial charge in [0.25, 0.3) is 10.0 Å². The molecule has 2 aromatic rings. The Balaban J connectivity index is 1.73. The first-order valence-corrected chi connectivity index (χ1v) is 11.2. The summed E-state index contributed by atoms with van der Waals surface area (Å²) in [5.41, 5.74) is 1.72. The van der Waals surface area contributed by atoms with E-state index in [0.717, 1.165) is 35.7 Å². The summed E-state index contributed by atoms with van der Waals surface area (Å²) in [6, 6.07) is 13.0.